The molecule has 1 aromatic heterocycles. The fourth-order valence-electron chi connectivity index (χ4n) is 5.41. The molecule has 0 unspecified atom stereocenters. The molecule has 0 saturated carbocycles. The highest BCUT2D eigenvalue weighted by Crippen LogP contribution is 2.37. The highest BCUT2D eigenvalue weighted by molar-refractivity contribution is 9.10. The quantitative estimate of drug-likeness (QED) is 0.205. The summed E-state index contributed by atoms with van der Waals surface area (Å²) in [5.41, 5.74) is 10.8. The minimum atomic E-state index is 1.09. The van der Waals surface area contributed by atoms with Crippen molar-refractivity contribution in [2.75, 3.05) is 0 Å². The topological polar surface area (TPSA) is 4.93 Å². The zero-order valence-corrected chi connectivity index (χ0v) is 22.3. The monoisotopic (exact) mass is 549 g/mol. The van der Waals surface area contributed by atoms with Crippen molar-refractivity contribution in [3.63, 3.8) is 0 Å². The maximum absolute atomic E-state index is 3.87. The van der Waals surface area contributed by atoms with Gasteiger partial charge in [0.25, 0.3) is 0 Å². The second-order valence-electron chi connectivity index (χ2n) is 9.56. The van der Waals surface area contributed by atoms with Gasteiger partial charge in [-0.1, -0.05) is 131 Å². The standard InChI is InChI=1S/C36H24BrN/c37-34-23-28(19-21-31(34)27-17-15-26(16-18-27)25-9-3-1-4-10-25)29-20-22-33-32-13-7-8-14-35(32)38(36(33)24-29)30-11-5-2-6-12-30/h1-24H. The normalized spacial score (nSPS) is 11.3. The van der Waals surface area contributed by atoms with E-state index in [9.17, 15) is 0 Å². The van der Waals surface area contributed by atoms with Gasteiger partial charge in [0.2, 0.25) is 0 Å². The third kappa shape index (κ3) is 3.95. The molecule has 0 aliphatic rings. The molecule has 38 heavy (non-hydrogen) atoms. The fraction of sp³-hybridized carbons (Fsp3) is 0. The number of fused-ring (bicyclic) bond motifs is 3. The fourth-order valence-corrected chi connectivity index (χ4v) is 6.01. The SMILES string of the molecule is Brc1cc(-c2ccc3c4ccccc4n(-c4ccccc4)c3c2)ccc1-c1ccc(-c2ccccc2)cc1. The summed E-state index contributed by atoms with van der Waals surface area (Å²) < 4.78 is 3.46. The first-order chi connectivity index (χ1) is 18.8. The van der Waals surface area contributed by atoms with E-state index < -0.39 is 0 Å². The van der Waals surface area contributed by atoms with E-state index in [2.05, 4.69) is 166 Å². The second kappa shape index (κ2) is 9.48. The number of hydrogen-bond donors (Lipinski definition) is 0. The summed E-state index contributed by atoms with van der Waals surface area (Å²) in [6.07, 6.45) is 0. The van der Waals surface area contributed by atoms with Crippen molar-refractivity contribution >= 4 is 37.7 Å². The largest absolute Gasteiger partial charge is 0.309 e. The Balaban J connectivity index is 1.30. The van der Waals surface area contributed by atoms with E-state index in [1.807, 2.05) is 0 Å². The Morgan fingerprint density at radius 1 is 0.395 bits per heavy atom. The van der Waals surface area contributed by atoms with Crippen LogP contribution in [0.2, 0.25) is 0 Å². The molecule has 7 aromatic rings. The summed E-state index contributed by atoms with van der Waals surface area (Å²) in [6, 6.07) is 52.0. The van der Waals surface area contributed by atoms with Crippen LogP contribution in [0.25, 0.3) is 60.9 Å². The molecule has 0 aliphatic carbocycles. The molecule has 1 nitrogen and oxygen atoms in total. The number of halogens is 1. The molecule has 6 aromatic carbocycles. The van der Waals surface area contributed by atoms with Crippen LogP contribution in [-0.2, 0) is 0 Å². The lowest BCUT2D eigenvalue weighted by molar-refractivity contribution is 1.18. The van der Waals surface area contributed by atoms with Crippen molar-refractivity contribution in [1.29, 1.82) is 0 Å². The third-order valence-corrected chi connectivity index (χ3v) is 7.95. The van der Waals surface area contributed by atoms with Gasteiger partial charge >= 0.3 is 0 Å². The highest BCUT2D eigenvalue weighted by atomic mass is 79.9. The van der Waals surface area contributed by atoms with E-state index in [4.69, 9.17) is 0 Å². The van der Waals surface area contributed by atoms with E-state index in [0.717, 1.165) is 4.47 Å². The third-order valence-electron chi connectivity index (χ3n) is 7.29. The summed E-state index contributed by atoms with van der Waals surface area (Å²) in [6.45, 7) is 0. The minimum Gasteiger partial charge on any atom is -0.309 e. The van der Waals surface area contributed by atoms with E-state index in [1.165, 1.54) is 60.9 Å². The van der Waals surface area contributed by atoms with E-state index in [0.29, 0.717) is 0 Å². The summed E-state index contributed by atoms with van der Waals surface area (Å²) in [5.74, 6) is 0. The lowest BCUT2D eigenvalue weighted by atomic mass is 9.97. The Labute approximate surface area is 230 Å². The van der Waals surface area contributed by atoms with Gasteiger partial charge in [-0.25, -0.2) is 0 Å². The summed E-state index contributed by atoms with van der Waals surface area (Å²) in [4.78, 5) is 0. The van der Waals surface area contributed by atoms with Crippen LogP contribution < -0.4 is 0 Å². The molecule has 0 saturated heterocycles. The van der Waals surface area contributed by atoms with Crippen LogP contribution in [0.4, 0.5) is 0 Å². The molecule has 0 radical (unpaired) electrons. The molecule has 0 fully saturated rings. The van der Waals surface area contributed by atoms with Crippen LogP contribution in [-0.4, -0.2) is 4.57 Å². The van der Waals surface area contributed by atoms with E-state index in [-0.39, 0.29) is 0 Å². The van der Waals surface area contributed by atoms with Gasteiger partial charge in [0.15, 0.2) is 0 Å². The Morgan fingerprint density at radius 3 is 1.71 bits per heavy atom. The van der Waals surface area contributed by atoms with Crippen LogP contribution in [0.1, 0.15) is 0 Å². The predicted molar refractivity (Wildman–Crippen MR) is 165 cm³/mol. The molecule has 0 bridgehead atoms. The number of rotatable bonds is 4. The minimum absolute atomic E-state index is 1.09. The van der Waals surface area contributed by atoms with Crippen molar-refractivity contribution in [2.45, 2.75) is 0 Å². The molecule has 0 N–H and O–H groups in total. The van der Waals surface area contributed by atoms with E-state index in [1.54, 1.807) is 0 Å². The number of para-hydroxylation sites is 2. The van der Waals surface area contributed by atoms with Crippen LogP contribution in [0.15, 0.2) is 150 Å². The van der Waals surface area contributed by atoms with Crippen LogP contribution in [0, 0.1) is 0 Å². The smallest absolute Gasteiger partial charge is 0.0547 e. The first-order valence-corrected chi connectivity index (χ1v) is 13.6. The van der Waals surface area contributed by atoms with Gasteiger partial charge in [-0.15, -0.1) is 0 Å². The Kier molecular flexibility index (Phi) is 5.68. The predicted octanol–water partition coefficient (Wildman–Crippen LogP) is 10.5. The van der Waals surface area contributed by atoms with E-state index >= 15 is 0 Å². The van der Waals surface area contributed by atoms with Crippen molar-refractivity contribution < 1.29 is 0 Å². The summed E-state index contributed by atoms with van der Waals surface area (Å²) >= 11 is 3.87. The molecular weight excluding hydrogens is 526 g/mol. The second-order valence-corrected chi connectivity index (χ2v) is 10.4. The molecule has 180 valence electrons. The average Bonchev–Trinajstić information content (AvgIpc) is 3.32. The van der Waals surface area contributed by atoms with Gasteiger partial charge in [-0.05, 0) is 63.7 Å². The highest BCUT2D eigenvalue weighted by Gasteiger charge is 2.14. The Hall–Kier alpha value is -4.40. The molecule has 2 heteroatoms. The number of hydrogen-bond acceptors (Lipinski definition) is 0. The van der Waals surface area contributed by atoms with Crippen molar-refractivity contribution in [2.24, 2.45) is 0 Å². The molecule has 0 spiro atoms. The molecular formula is C36H24BrN. The number of benzene rings is 6. The van der Waals surface area contributed by atoms with Crippen molar-refractivity contribution in [1.82, 2.24) is 4.57 Å². The van der Waals surface area contributed by atoms with Crippen LogP contribution in [0.5, 0.6) is 0 Å². The molecule has 0 atom stereocenters. The zero-order chi connectivity index (χ0) is 25.5. The first-order valence-electron chi connectivity index (χ1n) is 12.8. The van der Waals surface area contributed by atoms with Gasteiger partial charge < -0.3 is 4.57 Å². The summed E-state index contributed by atoms with van der Waals surface area (Å²) in [7, 11) is 0. The van der Waals surface area contributed by atoms with Crippen LogP contribution >= 0.6 is 15.9 Å². The first kappa shape index (κ1) is 22.8. The van der Waals surface area contributed by atoms with Gasteiger partial charge in [0.05, 0.1) is 11.0 Å². The average molecular weight is 550 g/mol. The molecule has 7 rings (SSSR count). The Bertz CT molecular complexity index is 1900. The van der Waals surface area contributed by atoms with Gasteiger partial charge in [0, 0.05) is 20.9 Å². The molecule has 1 heterocycles. The lowest BCUT2D eigenvalue weighted by Crippen LogP contribution is -1.93. The lowest BCUT2D eigenvalue weighted by Gasteiger charge is -2.11. The van der Waals surface area contributed by atoms with Crippen molar-refractivity contribution in [3.05, 3.63) is 150 Å². The van der Waals surface area contributed by atoms with Gasteiger partial charge in [0.1, 0.15) is 0 Å². The maximum atomic E-state index is 3.87. The molecule has 0 amide bonds. The van der Waals surface area contributed by atoms with Crippen LogP contribution in [0.3, 0.4) is 0 Å². The Morgan fingerprint density at radius 2 is 0.947 bits per heavy atom. The maximum Gasteiger partial charge on any atom is 0.0547 e. The zero-order valence-electron chi connectivity index (χ0n) is 20.7. The molecule has 0 aliphatic heterocycles. The number of aromatic nitrogens is 1. The van der Waals surface area contributed by atoms with Gasteiger partial charge in [-0.3, -0.25) is 0 Å². The number of nitrogens with zero attached hydrogens (tertiary/aromatic N) is 1. The van der Waals surface area contributed by atoms with Gasteiger partial charge in [-0.2, -0.15) is 0 Å². The summed E-state index contributed by atoms with van der Waals surface area (Å²) in [5, 5.41) is 2.54. The van der Waals surface area contributed by atoms with Crippen molar-refractivity contribution in [3.8, 4) is 39.1 Å².